The highest BCUT2D eigenvalue weighted by molar-refractivity contribution is 6.53. The number of halogens is 1. The zero-order valence-electron chi connectivity index (χ0n) is 20.1. The first-order chi connectivity index (χ1) is 18.2. The maximum absolute atomic E-state index is 13.1. The Morgan fingerprint density at radius 2 is 1.32 bits per heavy atom. The number of imide groups is 1. The fraction of sp³-hybridized carbons (Fsp3) is 0.0741. The number of nitrogens with one attached hydrogen (secondary N) is 2. The molecule has 3 aromatic rings. The van der Waals surface area contributed by atoms with Gasteiger partial charge in [-0.15, -0.1) is 0 Å². The Labute approximate surface area is 221 Å². The maximum Gasteiger partial charge on any atom is 0.337 e. The van der Waals surface area contributed by atoms with Crippen LogP contribution in [0, 0.1) is 0 Å². The minimum Gasteiger partial charge on any atom is -0.465 e. The van der Waals surface area contributed by atoms with Crippen molar-refractivity contribution in [1.82, 2.24) is 0 Å². The molecule has 1 aliphatic rings. The smallest absolute Gasteiger partial charge is 0.337 e. The molecular formula is C27H20ClN3O7. The summed E-state index contributed by atoms with van der Waals surface area (Å²) in [7, 11) is 2.50. The van der Waals surface area contributed by atoms with E-state index in [2.05, 4.69) is 15.4 Å². The molecule has 2 N–H and O–H groups in total. The Hall–Kier alpha value is -4.96. The molecule has 10 nitrogen and oxygen atoms in total. The molecule has 3 aromatic carbocycles. The fourth-order valence-electron chi connectivity index (χ4n) is 3.64. The number of carbonyl (C=O) groups is 5. The highest BCUT2D eigenvalue weighted by Gasteiger charge is 2.39. The van der Waals surface area contributed by atoms with Gasteiger partial charge in [0.1, 0.15) is 10.7 Å². The van der Waals surface area contributed by atoms with Crippen molar-refractivity contribution in [1.29, 1.82) is 0 Å². The molecule has 11 heteroatoms. The Balaban J connectivity index is 1.50. The Bertz CT molecular complexity index is 1500. The van der Waals surface area contributed by atoms with Crippen LogP contribution in [0.2, 0.25) is 0 Å². The van der Waals surface area contributed by atoms with E-state index < -0.39 is 29.7 Å². The first kappa shape index (κ1) is 26.1. The lowest BCUT2D eigenvalue weighted by molar-refractivity contribution is -0.120. The molecule has 0 radical (unpaired) electrons. The summed E-state index contributed by atoms with van der Waals surface area (Å²) in [6.45, 7) is 0. The van der Waals surface area contributed by atoms with Crippen LogP contribution < -0.4 is 15.5 Å². The molecule has 0 saturated heterocycles. The van der Waals surface area contributed by atoms with Crippen molar-refractivity contribution in [3.8, 4) is 0 Å². The van der Waals surface area contributed by atoms with Gasteiger partial charge in [0, 0.05) is 16.9 Å². The zero-order chi connectivity index (χ0) is 27.4. The molecule has 0 bridgehead atoms. The lowest BCUT2D eigenvalue weighted by atomic mass is 10.1. The van der Waals surface area contributed by atoms with E-state index in [1.807, 2.05) is 0 Å². The fourth-order valence-corrected chi connectivity index (χ4v) is 3.85. The van der Waals surface area contributed by atoms with Crippen LogP contribution in [0.15, 0.2) is 83.5 Å². The van der Waals surface area contributed by atoms with Gasteiger partial charge in [-0.25, -0.2) is 14.5 Å². The molecule has 4 rings (SSSR count). The number of benzene rings is 3. The number of hydrogen-bond donors (Lipinski definition) is 2. The lowest BCUT2D eigenvalue weighted by Crippen LogP contribution is -2.32. The van der Waals surface area contributed by atoms with Crippen LogP contribution >= 0.6 is 11.6 Å². The summed E-state index contributed by atoms with van der Waals surface area (Å²) in [5.41, 5.74) is 1.52. The van der Waals surface area contributed by atoms with E-state index in [4.69, 9.17) is 16.3 Å². The van der Waals surface area contributed by atoms with E-state index in [1.165, 1.54) is 50.6 Å². The molecule has 0 atom stereocenters. The summed E-state index contributed by atoms with van der Waals surface area (Å²) in [4.78, 5) is 62.9. The van der Waals surface area contributed by atoms with E-state index in [0.717, 1.165) is 4.90 Å². The molecule has 3 amide bonds. The van der Waals surface area contributed by atoms with Gasteiger partial charge in [-0.2, -0.15) is 0 Å². The van der Waals surface area contributed by atoms with Crippen molar-refractivity contribution in [2.75, 3.05) is 29.8 Å². The van der Waals surface area contributed by atoms with Crippen molar-refractivity contribution >= 4 is 58.3 Å². The molecule has 192 valence electrons. The minimum absolute atomic E-state index is 0.169. The summed E-state index contributed by atoms with van der Waals surface area (Å²) < 4.78 is 9.34. The number of nitrogens with zero attached hydrogens (tertiary/aromatic N) is 1. The number of methoxy groups -OCH3 is 2. The Kier molecular flexibility index (Phi) is 7.54. The van der Waals surface area contributed by atoms with Crippen LogP contribution in [0.5, 0.6) is 0 Å². The average Bonchev–Trinajstić information content (AvgIpc) is 3.15. The van der Waals surface area contributed by atoms with Crippen LogP contribution in [0.3, 0.4) is 0 Å². The van der Waals surface area contributed by atoms with Gasteiger partial charge < -0.3 is 20.1 Å². The molecule has 1 heterocycles. The van der Waals surface area contributed by atoms with Gasteiger partial charge in [0.2, 0.25) is 0 Å². The monoisotopic (exact) mass is 533 g/mol. The SMILES string of the molecule is COC(=O)c1ccc(N2C(=O)C(Cl)=C(Nc3cccc(C(=O)Nc4cccc(C(=O)OC)c4)c3)C2=O)cc1. The molecule has 0 aliphatic carbocycles. The van der Waals surface area contributed by atoms with Gasteiger partial charge in [-0.1, -0.05) is 23.7 Å². The number of rotatable bonds is 7. The van der Waals surface area contributed by atoms with E-state index >= 15 is 0 Å². The second-order valence-electron chi connectivity index (χ2n) is 7.91. The second-order valence-corrected chi connectivity index (χ2v) is 8.28. The van der Waals surface area contributed by atoms with Gasteiger partial charge in [0.15, 0.2) is 0 Å². The topological polar surface area (TPSA) is 131 Å². The van der Waals surface area contributed by atoms with Gasteiger partial charge in [0.25, 0.3) is 17.7 Å². The quantitative estimate of drug-likeness (QED) is 0.345. The summed E-state index contributed by atoms with van der Waals surface area (Å²) >= 11 is 6.20. The first-order valence-electron chi connectivity index (χ1n) is 11.1. The number of anilines is 3. The van der Waals surface area contributed by atoms with Crippen molar-refractivity contribution in [2.45, 2.75) is 0 Å². The van der Waals surface area contributed by atoms with Crippen molar-refractivity contribution in [2.24, 2.45) is 0 Å². The predicted octanol–water partition coefficient (Wildman–Crippen LogP) is 3.95. The summed E-state index contributed by atoms with van der Waals surface area (Å²) in [5.74, 6) is -3.03. The number of esters is 2. The lowest BCUT2D eigenvalue weighted by Gasteiger charge is -2.15. The van der Waals surface area contributed by atoms with Gasteiger partial charge in [-0.3, -0.25) is 14.4 Å². The summed E-state index contributed by atoms with van der Waals surface area (Å²) in [5, 5.41) is 5.18. The molecular weight excluding hydrogens is 514 g/mol. The Morgan fingerprint density at radius 3 is 1.97 bits per heavy atom. The molecule has 1 aliphatic heterocycles. The van der Waals surface area contributed by atoms with E-state index in [-0.39, 0.29) is 33.1 Å². The van der Waals surface area contributed by atoms with Crippen molar-refractivity contribution in [3.05, 3.63) is 100 Å². The maximum atomic E-state index is 13.1. The van der Waals surface area contributed by atoms with Crippen molar-refractivity contribution < 1.29 is 33.4 Å². The number of hydrogen-bond acceptors (Lipinski definition) is 8. The third kappa shape index (κ3) is 5.25. The molecule has 0 saturated carbocycles. The zero-order valence-corrected chi connectivity index (χ0v) is 20.9. The molecule has 0 spiro atoms. The highest BCUT2D eigenvalue weighted by atomic mass is 35.5. The normalized spacial score (nSPS) is 12.9. The Morgan fingerprint density at radius 1 is 0.737 bits per heavy atom. The number of carbonyl (C=O) groups excluding carboxylic acids is 5. The van der Waals surface area contributed by atoms with E-state index in [0.29, 0.717) is 11.4 Å². The highest BCUT2D eigenvalue weighted by Crippen LogP contribution is 2.30. The molecule has 38 heavy (non-hydrogen) atoms. The van der Waals surface area contributed by atoms with Crippen LogP contribution in [-0.2, 0) is 19.1 Å². The van der Waals surface area contributed by atoms with E-state index in [9.17, 15) is 24.0 Å². The third-order valence-electron chi connectivity index (χ3n) is 5.51. The second kappa shape index (κ2) is 11.0. The number of amides is 3. The number of ether oxygens (including phenoxy) is 2. The molecule has 0 aromatic heterocycles. The van der Waals surface area contributed by atoms with Crippen LogP contribution in [-0.4, -0.2) is 43.9 Å². The van der Waals surface area contributed by atoms with Crippen LogP contribution in [0.25, 0.3) is 0 Å². The largest absolute Gasteiger partial charge is 0.465 e. The summed E-state index contributed by atoms with van der Waals surface area (Å²) in [6.07, 6.45) is 0. The van der Waals surface area contributed by atoms with Gasteiger partial charge in [-0.05, 0) is 60.7 Å². The third-order valence-corrected chi connectivity index (χ3v) is 5.86. The molecule has 0 unspecified atom stereocenters. The van der Waals surface area contributed by atoms with Crippen molar-refractivity contribution in [3.63, 3.8) is 0 Å². The van der Waals surface area contributed by atoms with Crippen LogP contribution in [0.1, 0.15) is 31.1 Å². The average molecular weight is 534 g/mol. The van der Waals surface area contributed by atoms with Gasteiger partial charge >= 0.3 is 11.9 Å². The van der Waals surface area contributed by atoms with Gasteiger partial charge in [0.05, 0.1) is 31.0 Å². The predicted molar refractivity (Wildman–Crippen MR) is 139 cm³/mol. The molecule has 0 fully saturated rings. The standard InChI is InChI=1S/C27H20ClN3O7/c1-37-26(35)15-9-11-20(12-10-15)31-24(33)21(28)22(25(31)34)29-18-7-3-5-16(13-18)23(32)30-19-8-4-6-17(14-19)27(36)38-2/h3-14,29H,1-2H3,(H,30,32). The minimum atomic E-state index is -0.746. The first-order valence-corrected chi connectivity index (χ1v) is 11.4. The summed E-state index contributed by atoms with van der Waals surface area (Å²) in [6, 6.07) is 18.2. The van der Waals surface area contributed by atoms with Crippen LogP contribution in [0.4, 0.5) is 17.1 Å². The van der Waals surface area contributed by atoms with E-state index in [1.54, 1.807) is 36.4 Å².